The van der Waals surface area contributed by atoms with E-state index >= 15 is 0 Å². The van der Waals surface area contributed by atoms with Crippen LogP contribution in [0.2, 0.25) is 0 Å². The highest BCUT2D eigenvalue weighted by Crippen LogP contribution is 2.26. The van der Waals surface area contributed by atoms with Gasteiger partial charge in [0.15, 0.2) is 0 Å². The van der Waals surface area contributed by atoms with E-state index in [9.17, 15) is 18.0 Å². The molecule has 1 saturated heterocycles. The summed E-state index contributed by atoms with van der Waals surface area (Å²) in [6.45, 7) is 1.07. The Kier molecular flexibility index (Phi) is 5.69. The first-order chi connectivity index (χ1) is 11.3. The third kappa shape index (κ3) is 4.49. The average Bonchev–Trinajstić information content (AvgIpc) is 3.14. The summed E-state index contributed by atoms with van der Waals surface area (Å²) in [6.07, 6.45) is -0.552. The van der Waals surface area contributed by atoms with Crippen molar-refractivity contribution in [3.05, 3.63) is 36.0 Å². The zero-order valence-corrected chi connectivity index (χ0v) is 13.9. The molecular weight excluding hydrogens is 361 g/mol. The third-order valence-electron chi connectivity index (χ3n) is 3.68. The largest absolute Gasteiger partial charge is 0.343 e. The number of rotatable bonds is 4. The Balaban J connectivity index is 0.00000225. The Morgan fingerprint density at radius 2 is 2.24 bits per heavy atom. The molecule has 10 heteroatoms. The summed E-state index contributed by atoms with van der Waals surface area (Å²) < 4.78 is 44.5. The van der Waals surface area contributed by atoms with Crippen molar-refractivity contribution >= 4 is 18.3 Å². The molecule has 1 amide bonds. The highest BCUT2D eigenvalue weighted by molar-refractivity contribution is 5.85. The molecule has 0 aliphatic carbocycles. The summed E-state index contributed by atoms with van der Waals surface area (Å²) in [5, 5.41) is 8.75. The highest BCUT2D eigenvalue weighted by atomic mass is 35.5. The fourth-order valence-electron chi connectivity index (χ4n) is 2.43. The van der Waals surface area contributed by atoms with Gasteiger partial charge in [0.05, 0.1) is 12.6 Å². The molecule has 0 bridgehead atoms. The first-order valence-corrected chi connectivity index (χ1v) is 7.35. The van der Waals surface area contributed by atoms with Crippen LogP contribution in [0.15, 0.2) is 28.8 Å². The van der Waals surface area contributed by atoms with Crippen LogP contribution >= 0.6 is 12.4 Å². The fourth-order valence-corrected chi connectivity index (χ4v) is 2.43. The zero-order chi connectivity index (χ0) is 17.3. The van der Waals surface area contributed by atoms with Gasteiger partial charge in [-0.1, -0.05) is 17.3 Å². The molecule has 1 aromatic heterocycles. The van der Waals surface area contributed by atoms with E-state index in [4.69, 9.17) is 4.52 Å². The van der Waals surface area contributed by atoms with Crippen LogP contribution in [-0.4, -0.2) is 34.6 Å². The van der Waals surface area contributed by atoms with Gasteiger partial charge in [-0.3, -0.25) is 10.1 Å². The Labute approximate surface area is 147 Å². The van der Waals surface area contributed by atoms with Gasteiger partial charge in [0, 0.05) is 12.0 Å². The second-order valence-corrected chi connectivity index (χ2v) is 5.69. The van der Waals surface area contributed by atoms with Crippen LogP contribution in [-0.2, 0) is 4.79 Å². The average molecular weight is 377 g/mol. The Morgan fingerprint density at radius 1 is 1.48 bits per heavy atom. The molecule has 1 fully saturated rings. The van der Waals surface area contributed by atoms with E-state index in [2.05, 4.69) is 20.8 Å². The maximum Gasteiger partial charge on any atom is 0.262 e. The molecular formula is C15H16ClF3N4O2. The number of carbonyl (C=O) groups is 1. The zero-order valence-electron chi connectivity index (χ0n) is 13.1. The molecule has 2 N–H and O–H groups in total. The maximum absolute atomic E-state index is 13.2. The normalized spacial score (nSPS) is 19.9. The quantitative estimate of drug-likeness (QED) is 0.857. The van der Waals surface area contributed by atoms with Crippen LogP contribution in [0.3, 0.4) is 0 Å². The van der Waals surface area contributed by atoms with E-state index in [-0.39, 0.29) is 24.1 Å². The first-order valence-electron chi connectivity index (χ1n) is 7.35. The molecule has 2 atom stereocenters. The number of amides is 1. The second kappa shape index (κ2) is 7.40. The van der Waals surface area contributed by atoms with Gasteiger partial charge >= 0.3 is 0 Å². The first kappa shape index (κ1) is 19.2. The molecule has 0 radical (unpaired) electrons. The molecule has 3 rings (SSSR count). The lowest BCUT2D eigenvalue weighted by Crippen LogP contribution is -2.41. The fraction of sp³-hybridized carbons (Fsp3) is 0.400. The van der Waals surface area contributed by atoms with Crippen molar-refractivity contribution in [1.29, 1.82) is 0 Å². The summed E-state index contributed by atoms with van der Waals surface area (Å²) in [7, 11) is 0. The van der Waals surface area contributed by atoms with Gasteiger partial charge < -0.3 is 9.84 Å². The standard InChI is InChI=1S/C15H15F3N4O2.ClH/c1-8(20-13(23)11-6-15(17,18)7-19-11)14-21-12(22-24-14)9-3-2-4-10(16)5-9;/h2-5,8,11,19H,6-7H2,1H3,(H,20,23);1H. The number of hydrogen-bond acceptors (Lipinski definition) is 5. The Morgan fingerprint density at radius 3 is 2.88 bits per heavy atom. The van der Waals surface area contributed by atoms with Crippen molar-refractivity contribution in [2.75, 3.05) is 6.54 Å². The van der Waals surface area contributed by atoms with Gasteiger partial charge in [-0.25, -0.2) is 13.2 Å². The summed E-state index contributed by atoms with van der Waals surface area (Å²) in [6, 6.07) is 4.04. The van der Waals surface area contributed by atoms with Gasteiger partial charge in [-0.15, -0.1) is 12.4 Å². The van der Waals surface area contributed by atoms with Crippen molar-refractivity contribution in [2.24, 2.45) is 0 Å². The van der Waals surface area contributed by atoms with Crippen molar-refractivity contribution in [3.63, 3.8) is 0 Å². The molecule has 2 unspecified atom stereocenters. The van der Waals surface area contributed by atoms with Crippen LogP contribution in [0.25, 0.3) is 11.4 Å². The highest BCUT2D eigenvalue weighted by Gasteiger charge is 2.42. The molecule has 1 aliphatic heterocycles. The third-order valence-corrected chi connectivity index (χ3v) is 3.68. The molecule has 0 spiro atoms. The minimum absolute atomic E-state index is 0. The van der Waals surface area contributed by atoms with Crippen LogP contribution in [0.5, 0.6) is 0 Å². The molecule has 6 nitrogen and oxygen atoms in total. The van der Waals surface area contributed by atoms with Crippen LogP contribution < -0.4 is 10.6 Å². The molecule has 0 saturated carbocycles. The summed E-state index contributed by atoms with van der Waals surface area (Å²) in [5.41, 5.74) is 0.431. The number of carbonyl (C=O) groups excluding carboxylic acids is 1. The summed E-state index contributed by atoms with van der Waals surface area (Å²) in [4.78, 5) is 16.1. The minimum Gasteiger partial charge on any atom is -0.343 e. The minimum atomic E-state index is -2.89. The van der Waals surface area contributed by atoms with E-state index in [0.29, 0.717) is 5.56 Å². The number of aromatic nitrogens is 2. The van der Waals surface area contributed by atoms with Crippen LogP contribution in [0.4, 0.5) is 13.2 Å². The number of nitrogens with zero attached hydrogens (tertiary/aromatic N) is 2. The van der Waals surface area contributed by atoms with E-state index < -0.39 is 42.7 Å². The van der Waals surface area contributed by atoms with Gasteiger partial charge in [0.1, 0.15) is 11.9 Å². The van der Waals surface area contributed by atoms with Crippen molar-refractivity contribution < 1.29 is 22.5 Å². The van der Waals surface area contributed by atoms with E-state index in [1.807, 2.05) is 0 Å². The van der Waals surface area contributed by atoms with Gasteiger partial charge in [-0.05, 0) is 19.1 Å². The van der Waals surface area contributed by atoms with E-state index in [1.54, 1.807) is 13.0 Å². The number of alkyl halides is 2. The lowest BCUT2D eigenvalue weighted by molar-refractivity contribution is -0.124. The summed E-state index contributed by atoms with van der Waals surface area (Å²) in [5.74, 6) is -3.61. The van der Waals surface area contributed by atoms with Gasteiger partial charge in [-0.2, -0.15) is 4.98 Å². The Bertz CT molecular complexity index is 756. The predicted octanol–water partition coefficient (Wildman–Crippen LogP) is 2.47. The van der Waals surface area contributed by atoms with Crippen molar-refractivity contribution in [2.45, 2.75) is 31.4 Å². The molecule has 2 aromatic rings. The molecule has 25 heavy (non-hydrogen) atoms. The lowest BCUT2D eigenvalue weighted by atomic mass is 10.1. The maximum atomic E-state index is 13.2. The Hall–Kier alpha value is -2.13. The van der Waals surface area contributed by atoms with Gasteiger partial charge in [0.25, 0.3) is 5.92 Å². The predicted molar refractivity (Wildman–Crippen MR) is 84.9 cm³/mol. The lowest BCUT2D eigenvalue weighted by Gasteiger charge is -2.14. The monoisotopic (exact) mass is 376 g/mol. The van der Waals surface area contributed by atoms with Crippen LogP contribution in [0.1, 0.15) is 25.3 Å². The topological polar surface area (TPSA) is 80.0 Å². The molecule has 1 aromatic carbocycles. The van der Waals surface area contributed by atoms with E-state index in [0.717, 1.165) is 0 Å². The smallest absolute Gasteiger partial charge is 0.262 e. The van der Waals surface area contributed by atoms with Crippen molar-refractivity contribution in [3.8, 4) is 11.4 Å². The molecule has 136 valence electrons. The number of halogens is 4. The second-order valence-electron chi connectivity index (χ2n) is 5.69. The number of benzene rings is 1. The van der Waals surface area contributed by atoms with Crippen molar-refractivity contribution in [1.82, 2.24) is 20.8 Å². The van der Waals surface area contributed by atoms with E-state index in [1.165, 1.54) is 18.2 Å². The van der Waals surface area contributed by atoms with Gasteiger partial charge in [0.2, 0.25) is 17.6 Å². The SMILES string of the molecule is CC(NC(=O)C1CC(F)(F)CN1)c1nc(-c2cccc(F)c2)no1.Cl. The number of nitrogens with one attached hydrogen (secondary N) is 2. The number of hydrogen-bond donors (Lipinski definition) is 2. The molecule has 2 heterocycles. The molecule has 1 aliphatic rings. The van der Waals surface area contributed by atoms with Crippen LogP contribution in [0, 0.1) is 5.82 Å². The summed E-state index contributed by atoms with van der Waals surface area (Å²) >= 11 is 0.